The summed E-state index contributed by atoms with van der Waals surface area (Å²) < 4.78 is 37.3. The van der Waals surface area contributed by atoms with Gasteiger partial charge in [-0.2, -0.15) is 13.2 Å². The third kappa shape index (κ3) is 4.53. The quantitative estimate of drug-likeness (QED) is 0.787. The number of nitrogens with zero attached hydrogens (tertiary/aromatic N) is 2. The molecule has 17 heavy (non-hydrogen) atoms. The molecule has 2 nitrogen and oxygen atoms in total. The second-order valence-electron chi connectivity index (χ2n) is 4.00. The van der Waals surface area contributed by atoms with E-state index in [0.717, 1.165) is 5.56 Å². The number of pyridine rings is 1. The van der Waals surface area contributed by atoms with E-state index in [9.17, 15) is 13.2 Å². The van der Waals surface area contributed by atoms with Crippen LogP contribution in [-0.4, -0.2) is 23.7 Å². The predicted molar refractivity (Wildman–Crippen MR) is 65.4 cm³/mol. The molecule has 0 aliphatic heterocycles. The average molecular weight is 311 g/mol. The lowest BCUT2D eigenvalue weighted by atomic mass is 10.2. The van der Waals surface area contributed by atoms with Crippen LogP contribution in [0, 0.1) is 0 Å². The van der Waals surface area contributed by atoms with Crippen LogP contribution in [0.25, 0.3) is 0 Å². The van der Waals surface area contributed by atoms with Crippen molar-refractivity contribution in [1.82, 2.24) is 4.98 Å². The maximum atomic E-state index is 12.4. The number of alkyl halides is 4. The van der Waals surface area contributed by atoms with E-state index in [1.54, 1.807) is 32.2 Å². The molecule has 0 aromatic carbocycles. The van der Waals surface area contributed by atoms with Crippen molar-refractivity contribution in [3.05, 3.63) is 23.9 Å². The molecule has 96 valence electrons. The summed E-state index contributed by atoms with van der Waals surface area (Å²) in [7, 11) is 0. The third-order valence-electron chi connectivity index (χ3n) is 2.23. The van der Waals surface area contributed by atoms with Gasteiger partial charge < -0.3 is 4.90 Å². The van der Waals surface area contributed by atoms with E-state index in [1.165, 1.54) is 4.90 Å². The largest absolute Gasteiger partial charge is 0.405 e. The molecule has 0 aliphatic carbocycles. The molecule has 0 N–H and O–H groups in total. The molecule has 1 aromatic rings. The van der Waals surface area contributed by atoms with E-state index < -0.39 is 12.7 Å². The van der Waals surface area contributed by atoms with Crippen molar-refractivity contribution in [2.75, 3.05) is 11.4 Å². The lowest BCUT2D eigenvalue weighted by molar-refractivity contribution is -0.120. The van der Waals surface area contributed by atoms with Gasteiger partial charge in [-0.3, -0.25) is 0 Å². The van der Waals surface area contributed by atoms with Gasteiger partial charge in [-0.15, -0.1) is 0 Å². The standard InChI is InChI=1S/C11H14BrF3N2/c1-8(2)17(7-11(13,14)15)10-4-3-9(5-12)6-16-10/h3-4,6,8H,5,7H2,1-2H3. The van der Waals surface area contributed by atoms with Crippen LogP contribution in [0.3, 0.4) is 0 Å². The smallest absolute Gasteiger partial charge is 0.345 e. The van der Waals surface area contributed by atoms with Crippen molar-refractivity contribution >= 4 is 21.7 Å². The number of hydrogen-bond acceptors (Lipinski definition) is 2. The van der Waals surface area contributed by atoms with Gasteiger partial charge in [0.25, 0.3) is 0 Å². The van der Waals surface area contributed by atoms with Gasteiger partial charge in [-0.25, -0.2) is 4.98 Å². The van der Waals surface area contributed by atoms with Crippen LogP contribution in [0.5, 0.6) is 0 Å². The first-order chi connectivity index (χ1) is 7.83. The minimum atomic E-state index is -4.22. The fraction of sp³-hybridized carbons (Fsp3) is 0.545. The number of anilines is 1. The highest BCUT2D eigenvalue weighted by atomic mass is 79.9. The molecule has 0 aliphatic rings. The summed E-state index contributed by atoms with van der Waals surface area (Å²) in [5, 5.41) is 0.640. The van der Waals surface area contributed by atoms with Crippen molar-refractivity contribution in [1.29, 1.82) is 0 Å². The molecule has 0 radical (unpaired) electrons. The van der Waals surface area contributed by atoms with E-state index in [1.807, 2.05) is 0 Å². The Hall–Kier alpha value is -0.780. The summed E-state index contributed by atoms with van der Waals surface area (Å²) >= 11 is 3.26. The Bertz CT molecular complexity index is 349. The van der Waals surface area contributed by atoms with Gasteiger partial charge in [0.05, 0.1) is 0 Å². The monoisotopic (exact) mass is 310 g/mol. The van der Waals surface area contributed by atoms with E-state index in [4.69, 9.17) is 0 Å². The fourth-order valence-electron chi connectivity index (χ4n) is 1.39. The zero-order valence-corrected chi connectivity index (χ0v) is 11.2. The van der Waals surface area contributed by atoms with Crippen molar-refractivity contribution in [2.45, 2.75) is 31.4 Å². The third-order valence-corrected chi connectivity index (χ3v) is 2.88. The van der Waals surface area contributed by atoms with Gasteiger partial charge in [-0.05, 0) is 25.5 Å². The highest BCUT2D eigenvalue weighted by Crippen LogP contribution is 2.22. The van der Waals surface area contributed by atoms with E-state index >= 15 is 0 Å². The number of aromatic nitrogens is 1. The topological polar surface area (TPSA) is 16.1 Å². The Kier molecular flexibility index (Phi) is 4.80. The summed E-state index contributed by atoms with van der Waals surface area (Å²) in [6.07, 6.45) is -2.64. The minimum absolute atomic E-state index is 0.251. The maximum absolute atomic E-state index is 12.4. The molecule has 6 heteroatoms. The second kappa shape index (κ2) is 5.71. The molecule has 0 atom stereocenters. The molecule has 0 amide bonds. The average Bonchev–Trinajstić information content (AvgIpc) is 2.25. The summed E-state index contributed by atoms with van der Waals surface area (Å²) in [6, 6.07) is 3.13. The maximum Gasteiger partial charge on any atom is 0.405 e. The molecular formula is C11H14BrF3N2. The highest BCUT2D eigenvalue weighted by Gasteiger charge is 2.32. The molecule has 1 heterocycles. The number of hydrogen-bond donors (Lipinski definition) is 0. The van der Waals surface area contributed by atoms with E-state index in [0.29, 0.717) is 11.1 Å². The van der Waals surface area contributed by atoms with Gasteiger partial charge in [-0.1, -0.05) is 22.0 Å². The molecule has 1 aromatic heterocycles. The van der Waals surface area contributed by atoms with Gasteiger partial charge in [0.2, 0.25) is 0 Å². The summed E-state index contributed by atoms with van der Waals surface area (Å²) in [5.74, 6) is 0.349. The number of rotatable bonds is 4. The lowest BCUT2D eigenvalue weighted by Gasteiger charge is -2.28. The van der Waals surface area contributed by atoms with Gasteiger partial charge >= 0.3 is 6.18 Å². The van der Waals surface area contributed by atoms with E-state index in [-0.39, 0.29) is 6.04 Å². The zero-order chi connectivity index (χ0) is 13.1. The lowest BCUT2D eigenvalue weighted by Crippen LogP contribution is -2.39. The Morgan fingerprint density at radius 3 is 2.35 bits per heavy atom. The fourth-order valence-corrected chi connectivity index (χ4v) is 1.72. The Balaban J connectivity index is 2.89. The molecule has 1 rings (SSSR count). The predicted octanol–water partition coefficient (Wildman–Crippen LogP) is 3.75. The van der Waals surface area contributed by atoms with Crippen LogP contribution >= 0.6 is 15.9 Å². The van der Waals surface area contributed by atoms with Crippen LogP contribution in [0.2, 0.25) is 0 Å². The molecular weight excluding hydrogens is 297 g/mol. The van der Waals surface area contributed by atoms with Crippen LogP contribution in [-0.2, 0) is 5.33 Å². The first-order valence-electron chi connectivity index (χ1n) is 5.18. The van der Waals surface area contributed by atoms with E-state index in [2.05, 4.69) is 20.9 Å². The van der Waals surface area contributed by atoms with Crippen LogP contribution in [0.4, 0.5) is 19.0 Å². The molecule has 0 fully saturated rings. The van der Waals surface area contributed by atoms with Crippen LogP contribution in [0.1, 0.15) is 19.4 Å². The van der Waals surface area contributed by atoms with Gasteiger partial charge in [0.1, 0.15) is 12.4 Å². The second-order valence-corrected chi connectivity index (χ2v) is 4.56. The summed E-state index contributed by atoms with van der Waals surface area (Å²) in [5.41, 5.74) is 0.935. The Morgan fingerprint density at radius 1 is 1.35 bits per heavy atom. The molecule has 0 saturated heterocycles. The summed E-state index contributed by atoms with van der Waals surface area (Å²) in [6.45, 7) is 2.45. The van der Waals surface area contributed by atoms with Crippen LogP contribution < -0.4 is 4.90 Å². The number of halogens is 4. The molecule has 0 saturated carbocycles. The molecule has 0 bridgehead atoms. The summed E-state index contributed by atoms with van der Waals surface area (Å²) in [4.78, 5) is 5.29. The highest BCUT2D eigenvalue weighted by molar-refractivity contribution is 9.08. The van der Waals surface area contributed by atoms with Crippen molar-refractivity contribution in [3.63, 3.8) is 0 Å². The van der Waals surface area contributed by atoms with Crippen LogP contribution in [0.15, 0.2) is 18.3 Å². The normalized spacial score (nSPS) is 11.9. The van der Waals surface area contributed by atoms with Crippen molar-refractivity contribution < 1.29 is 13.2 Å². The Labute approximate surface area is 107 Å². The molecule has 0 unspecified atom stereocenters. The van der Waals surface area contributed by atoms with Crippen molar-refractivity contribution in [3.8, 4) is 0 Å². The first kappa shape index (κ1) is 14.3. The SMILES string of the molecule is CC(C)N(CC(F)(F)F)c1ccc(CBr)cn1. The van der Waals surface area contributed by atoms with Gasteiger partial charge in [0.15, 0.2) is 0 Å². The first-order valence-corrected chi connectivity index (χ1v) is 6.30. The minimum Gasteiger partial charge on any atom is -0.345 e. The van der Waals surface area contributed by atoms with Gasteiger partial charge in [0, 0.05) is 17.6 Å². The Morgan fingerprint density at radius 2 is 2.00 bits per heavy atom. The van der Waals surface area contributed by atoms with Crippen molar-refractivity contribution in [2.24, 2.45) is 0 Å². The zero-order valence-electron chi connectivity index (χ0n) is 9.63. The molecule has 0 spiro atoms.